The topological polar surface area (TPSA) is 0 Å². The van der Waals surface area contributed by atoms with Gasteiger partial charge in [-0.25, -0.2) is 0 Å². The Morgan fingerprint density at radius 3 is 0.714 bits per heavy atom. The summed E-state index contributed by atoms with van der Waals surface area (Å²) in [5, 5.41) is 0. The van der Waals surface area contributed by atoms with Crippen LogP contribution in [0.15, 0.2) is 0 Å². The quantitative estimate of drug-likeness (QED) is 0.698. The molecule has 0 unspecified atom stereocenters. The van der Waals surface area contributed by atoms with Crippen LogP contribution in [-0.4, -0.2) is 0 Å². The Hall–Kier alpha value is 1.17. The minimum Gasteiger partial charge on any atom is -1.00 e. The van der Waals surface area contributed by atoms with E-state index in [0.29, 0.717) is 0 Å². The van der Waals surface area contributed by atoms with Crippen molar-refractivity contribution in [2.24, 2.45) is 0 Å². The molecule has 0 bridgehead atoms. The fourth-order valence-corrected chi connectivity index (χ4v) is 0. The van der Waals surface area contributed by atoms with Gasteiger partial charge in [0.2, 0.25) is 0 Å². The zero-order valence-corrected chi connectivity index (χ0v) is 13.5. The zero-order valence-electron chi connectivity index (χ0n) is 10.2. The Bertz CT molecular complexity index is 25.8. The van der Waals surface area contributed by atoms with Crippen molar-refractivity contribution >= 4 is 0 Å². The Balaban J connectivity index is -0.0000000270. The number of hydrogen-bond acceptors (Lipinski definition) is 0. The summed E-state index contributed by atoms with van der Waals surface area (Å²) in [6, 6.07) is 0. The van der Waals surface area contributed by atoms with Gasteiger partial charge in [-0.1, -0.05) is 40.0 Å². The van der Waals surface area contributed by atoms with Crippen molar-refractivity contribution in [3.63, 3.8) is 0 Å². The Morgan fingerprint density at radius 1 is 0.643 bits per heavy atom. The number of halogens is 1. The van der Waals surface area contributed by atoms with Crippen LogP contribution in [0.3, 0.4) is 0 Å². The smallest absolute Gasteiger partial charge is 1.00 e. The maximum Gasteiger partial charge on any atom is 4.00 e. The van der Waals surface area contributed by atoms with Crippen molar-refractivity contribution in [1.82, 2.24) is 0 Å². The third-order valence-electron chi connectivity index (χ3n) is 1.06. The molecule has 0 heterocycles. The zero-order chi connectivity index (χ0) is 10.2. The molecule has 0 aliphatic rings. The van der Waals surface area contributed by atoms with Gasteiger partial charge in [0, 0.05) is 0 Å². The minimum atomic E-state index is 0. The van der Waals surface area contributed by atoms with E-state index in [1.165, 1.54) is 19.3 Å². The molecule has 0 aromatic heterocycles. The molecule has 0 nitrogen and oxygen atoms in total. The van der Waals surface area contributed by atoms with Gasteiger partial charge in [0.15, 0.2) is 0 Å². The Morgan fingerprint density at radius 2 is 0.714 bits per heavy atom. The molecule has 14 heavy (non-hydrogen) atoms. The van der Waals surface area contributed by atoms with Crippen LogP contribution >= 0.6 is 0 Å². The van der Waals surface area contributed by atoms with E-state index in [4.69, 9.17) is 0 Å². The molecule has 0 spiro atoms. The summed E-state index contributed by atoms with van der Waals surface area (Å²) in [4.78, 5) is 0. The molecule has 0 aliphatic carbocycles. The second-order valence-corrected chi connectivity index (χ2v) is 2.56. The van der Waals surface area contributed by atoms with Crippen molar-refractivity contribution in [3.05, 3.63) is 20.8 Å². The largest absolute Gasteiger partial charge is 4.00 e. The summed E-state index contributed by atoms with van der Waals surface area (Å²) in [5.41, 5.74) is 0. The van der Waals surface area contributed by atoms with E-state index in [1.807, 2.05) is 0 Å². The molecule has 2 heteroatoms. The fourth-order valence-electron chi connectivity index (χ4n) is 0. The summed E-state index contributed by atoms with van der Waals surface area (Å²) in [6.45, 7) is 17.2. The summed E-state index contributed by atoms with van der Waals surface area (Å²) >= 11 is 0. The van der Waals surface area contributed by atoms with Gasteiger partial charge >= 0.3 is 26.2 Å². The van der Waals surface area contributed by atoms with Crippen LogP contribution in [0, 0.1) is 20.8 Å². The third kappa shape index (κ3) is 112. The van der Waals surface area contributed by atoms with Crippen molar-refractivity contribution < 1.29 is 38.6 Å². The molecule has 0 rings (SSSR count). The predicted molar refractivity (Wildman–Crippen MR) is 60.8 cm³/mol. The Kier molecular flexibility index (Phi) is 101. The maximum absolute atomic E-state index is 3.60. The molecule has 0 saturated heterocycles. The molecule has 0 aromatic carbocycles. The first-order chi connectivity index (χ1) is 5.74. The molecule has 0 aliphatic heterocycles. The van der Waals surface area contributed by atoms with Crippen LogP contribution < -0.4 is 12.4 Å². The normalized spacial score (nSPS) is 6.43. The molecule has 0 N–H and O–H groups in total. The van der Waals surface area contributed by atoms with Crippen molar-refractivity contribution in [2.75, 3.05) is 0 Å². The molecule has 0 aromatic rings. The number of unbranched alkanes of at least 4 members (excludes halogenated alkanes) is 3. The van der Waals surface area contributed by atoms with E-state index in [1.54, 1.807) is 0 Å². The second-order valence-electron chi connectivity index (χ2n) is 2.56. The Labute approximate surface area is 118 Å². The van der Waals surface area contributed by atoms with Crippen molar-refractivity contribution in [2.45, 2.75) is 59.3 Å². The van der Waals surface area contributed by atoms with Crippen LogP contribution in [0.1, 0.15) is 59.3 Å². The summed E-state index contributed by atoms with van der Waals surface area (Å²) in [5.74, 6) is 0. The predicted octanol–water partition coefficient (Wildman–Crippen LogP) is 1.86. The van der Waals surface area contributed by atoms with E-state index in [-0.39, 0.29) is 38.6 Å². The van der Waals surface area contributed by atoms with Gasteiger partial charge in [-0.15, -0.1) is 0 Å². The monoisotopic (exact) mass is 296 g/mol. The van der Waals surface area contributed by atoms with Crippen LogP contribution in [-0.2, 0) is 26.2 Å². The maximum atomic E-state index is 3.60. The fraction of sp³-hybridized carbons (Fsp3) is 0.750. The van der Waals surface area contributed by atoms with Crippen molar-refractivity contribution in [1.29, 1.82) is 0 Å². The molecule has 0 atom stereocenters. The van der Waals surface area contributed by atoms with Crippen molar-refractivity contribution in [3.8, 4) is 0 Å². The van der Waals surface area contributed by atoms with Gasteiger partial charge < -0.3 is 33.2 Å². The van der Waals surface area contributed by atoms with E-state index in [0.717, 1.165) is 19.3 Å². The van der Waals surface area contributed by atoms with Gasteiger partial charge in [-0.3, -0.25) is 0 Å². The van der Waals surface area contributed by atoms with Gasteiger partial charge in [-0.2, -0.15) is 19.3 Å². The average molecular weight is 298 g/mol. The average Bonchev–Trinajstić information content (AvgIpc) is 2.18. The van der Waals surface area contributed by atoms with E-state index >= 15 is 0 Å². The standard InChI is InChI=1S/3C4H9.ClH.Zr/c3*1-3-4-2;;/h3*1,3-4H2,2H3;1H;/q3*-1;;+4/p-1. The number of rotatable bonds is 3. The molecule has 86 valence electrons. The first kappa shape index (κ1) is 29.5. The molecule has 0 fully saturated rings. The van der Waals surface area contributed by atoms with Gasteiger partial charge in [0.05, 0.1) is 0 Å². The van der Waals surface area contributed by atoms with Crippen LogP contribution in [0.5, 0.6) is 0 Å². The number of hydrogen-bond donors (Lipinski definition) is 0. The van der Waals surface area contributed by atoms with Crippen LogP contribution in [0.4, 0.5) is 0 Å². The summed E-state index contributed by atoms with van der Waals surface area (Å²) in [7, 11) is 0. The molecular weight excluding hydrogens is 271 g/mol. The second kappa shape index (κ2) is 47.8. The first-order valence-corrected chi connectivity index (χ1v) is 5.12. The SMILES string of the molecule is [CH2-]CCC.[CH2-]CCC.[CH2-]CCC.[Cl-].[Zr+4]. The molecule has 0 amide bonds. The first-order valence-electron chi connectivity index (χ1n) is 5.12. The van der Waals surface area contributed by atoms with E-state index in [9.17, 15) is 0 Å². The molecule has 0 saturated carbocycles. The van der Waals surface area contributed by atoms with E-state index < -0.39 is 0 Å². The molecular formula is C12H27ClZr. The van der Waals surface area contributed by atoms with Crippen LogP contribution in [0.25, 0.3) is 0 Å². The minimum absolute atomic E-state index is 0. The van der Waals surface area contributed by atoms with Gasteiger partial charge in [-0.05, 0) is 0 Å². The van der Waals surface area contributed by atoms with Crippen LogP contribution in [0.2, 0.25) is 0 Å². The van der Waals surface area contributed by atoms with Gasteiger partial charge in [0.1, 0.15) is 0 Å². The van der Waals surface area contributed by atoms with Gasteiger partial charge in [0.25, 0.3) is 0 Å². The molecule has 0 radical (unpaired) electrons. The van der Waals surface area contributed by atoms with E-state index in [2.05, 4.69) is 41.5 Å². The third-order valence-corrected chi connectivity index (χ3v) is 1.06. The summed E-state index contributed by atoms with van der Waals surface area (Å²) < 4.78 is 0. The summed E-state index contributed by atoms with van der Waals surface area (Å²) in [6.07, 6.45) is 6.83.